The van der Waals surface area contributed by atoms with E-state index in [0.29, 0.717) is 0 Å². The number of hydrogen-bond acceptors (Lipinski definition) is 2. The molecule has 0 N–H and O–H groups in total. The Kier molecular flexibility index (Phi) is 3.37. The topological polar surface area (TPSA) is 34.1 Å². The van der Waals surface area contributed by atoms with Gasteiger partial charge >= 0.3 is 0 Å². The Balaban J connectivity index is 2.89. The van der Waals surface area contributed by atoms with Crippen molar-refractivity contribution >= 4 is 16.6 Å². The highest BCUT2D eigenvalue weighted by Crippen LogP contribution is 2.12. The summed E-state index contributed by atoms with van der Waals surface area (Å²) in [6.07, 6.45) is 0. The maximum Gasteiger partial charge on any atom is 0.142 e. The van der Waals surface area contributed by atoms with Crippen molar-refractivity contribution in [2.24, 2.45) is 0 Å². The van der Waals surface area contributed by atoms with Gasteiger partial charge < -0.3 is 0 Å². The van der Waals surface area contributed by atoms with Crippen LogP contribution < -0.4 is 0 Å². The second kappa shape index (κ2) is 4.33. The third-order valence-corrected chi connectivity index (χ3v) is 3.29. The summed E-state index contributed by atoms with van der Waals surface area (Å²) < 4.78 is 11.6. The van der Waals surface area contributed by atoms with Crippen LogP contribution in [-0.4, -0.2) is 15.7 Å². The van der Waals surface area contributed by atoms with Crippen molar-refractivity contribution in [2.45, 2.75) is 18.7 Å². The fraction of sp³-hybridized carbons (Fsp3) is 0.300. The minimum atomic E-state index is -1.17. The van der Waals surface area contributed by atoms with Crippen molar-refractivity contribution < 1.29 is 9.00 Å². The lowest BCUT2D eigenvalue weighted by Crippen LogP contribution is -2.07. The lowest BCUT2D eigenvalue weighted by atomic mass is 10.2. The van der Waals surface area contributed by atoms with Gasteiger partial charge in [-0.1, -0.05) is 18.2 Å². The molecule has 0 saturated heterocycles. The summed E-state index contributed by atoms with van der Waals surface area (Å²) in [6.45, 7) is 3.35. The number of ketones is 1. The molecule has 1 aromatic rings. The van der Waals surface area contributed by atoms with Crippen LogP contribution in [0.4, 0.5) is 0 Å². The summed E-state index contributed by atoms with van der Waals surface area (Å²) in [4.78, 5) is 11.5. The Bertz CT molecular complexity index is 345. The number of aryl methyl sites for hydroxylation is 1. The van der Waals surface area contributed by atoms with Crippen LogP contribution in [0.2, 0.25) is 0 Å². The highest BCUT2D eigenvalue weighted by molar-refractivity contribution is 7.85. The molecule has 70 valence electrons. The lowest BCUT2D eigenvalue weighted by molar-refractivity contribution is -0.114. The Morgan fingerprint density at radius 1 is 1.38 bits per heavy atom. The van der Waals surface area contributed by atoms with E-state index in [1.807, 2.05) is 25.1 Å². The molecule has 0 fully saturated rings. The Morgan fingerprint density at radius 2 is 2.00 bits per heavy atom. The minimum absolute atomic E-state index is 0.0402. The van der Waals surface area contributed by atoms with Crippen molar-refractivity contribution in [1.29, 1.82) is 0 Å². The van der Waals surface area contributed by atoms with Gasteiger partial charge in [-0.05, 0) is 25.5 Å². The maximum atomic E-state index is 11.6. The first-order chi connectivity index (χ1) is 6.11. The minimum Gasteiger partial charge on any atom is -0.299 e. The normalized spacial score (nSPS) is 12.5. The van der Waals surface area contributed by atoms with Crippen LogP contribution in [0.15, 0.2) is 29.2 Å². The van der Waals surface area contributed by atoms with Crippen LogP contribution in [0.5, 0.6) is 0 Å². The van der Waals surface area contributed by atoms with E-state index < -0.39 is 10.8 Å². The predicted octanol–water partition coefficient (Wildman–Crippen LogP) is 1.69. The molecule has 3 heteroatoms. The summed E-state index contributed by atoms with van der Waals surface area (Å²) >= 11 is 0. The van der Waals surface area contributed by atoms with E-state index in [4.69, 9.17) is 0 Å². The van der Waals surface area contributed by atoms with Crippen molar-refractivity contribution in [3.05, 3.63) is 29.8 Å². The molecule has 0 aromatic heterocycles. The molecule has 0 aliphatic heterocycles. The van der Waals surface area contributed by atoms with Crippen molar-refractivity contribution in [1.82, 2.24) is 0 Å². The number of carbonyl (C=O) groups excluding carboxylic acids is 1. The van der Waals surface area contributed by atoms with Gasteiger partial charge in [0.2, 0.25) is 0 Å². The summed E-state index contributed by atoms with van der Waals surface area (Å²) in [7, 11) is -1.17. The van der Waals surface area contributed by atoms with Crippen LogP contribution in [0.1, 0.15) is 12.5 Å². The molecule has 0 aliphatic rings. The van der Waals surface area contributed by atoms with Crippen LogP contribution in [0.3, 0.4) is 0 Å². The van der Waals surface area contributed by atoms with Gasteiger partial charge in [0.25, 0.3) is 0 Å². The number of benzene rings is 1. The van der Waals surface area contributed by atoms with Crippen molar-refractivity contribution in [3.8, 4) is 0 Å². The monoisotopic (exact) mass is 196 g/mol. The Morgan fingerprint density at radius 3 is 2.54 bits per heavy atom. The van der Waals surface area contributed by atoms with E-state index in [0.717, 1.165) is 10.5 Å². The Labute approximate surface area is 80.4 Å². The molecule has 0 amide bonds. The molecule has 1 aromatic carbocycles. The zero-order valence-corrected chi connectivity index (χ0v) is 8.56. The van der Waals surface area contributed by atoms with Crippen LogP contribution in [0, 0.1) is 6.92 Å². The number of carbonyl (C=O) groups is 1. The first kappa shape index (κ1) is 10.1. The van der Waals surface area contributed by atoms with Gasteiger partial charge in [0.15, 0.2) is 0 Å². The van der Waals surface area contributed by atoms with Crippen LogP contribution in [-0.2, 0) is 15.6 Å². The molecular formula is C10H12O2S. The highest BCUT2D eigenvalue weighted by atomic mass is 32.2. The van der Waals surface area contributed by atoms with Gasteiger partial charge in [0.1, 0.15) is 5.78 Å². The van der Waals surface area contributed by atoms with Gasteiger partial charge in [-0.3, -0.25) is 9.00 Å². The summed E-state index contributed by atoms with van der Waals surface area (Å²) in [6, 6.07) is 7.42. The predicted molar refractivity (Wildman–Crippen MR) is 53.1 cm³/mol. The van der Waals surface area contributed by atoms with Gasteiger partial charge in [0.05, 0.1) is 16.6 Å². The summed E-state index contributed by atoms with van der Waals surface area (Å²) in [5.41, 5.74) is 0.974. The molecule has 0 spiro atoms. The molecule has 0 aliphatic carbocycles. The maximum absolute atomic E-state index is 11.6. The molecular weight excluding hydrogens is 184 g/mol. The zero-order valence-electron chi connectivity index (χ0n) is 7.74. The third-order valence-electron chi connectivity index (χ3n) is 1.67. The van der Waals surface area contributed by atoms with E-state index in [-0.39, 0.29) is 11.5 Å². The average Bonchev–Trinajstić information content (AvgIpc) is 2.03. The molecule has 1 unspecified atom stereocenters. The molecule has 1 atom stereocenters. The van der Waals surface area contributed by atoms with Crippen molar-refractivity contribution in [3.63, 3.8) is 0 Å². The molecule has 0 heterocycles. The Hall–Kier alpha value is -0.960. The lowest BCUT2D eigenvalue weighted by Gasteiger charge is -2.02. The second-order valence-electron chi connectivity index (χ2n) is 2.96. The second-order valence-corrected chi connectivity index (χ2v) is 4.38. The van der Waals surface area contributed by atoms with Gasteiger partial charge in [-0.25, -0.2) is 0 Å². The summed E-state index contributed by atoms with van der Waals surface area (Å²) in [5.74, 6) is 0.0757. The molecule has 0 bridgehead atoms. The highest BCUT2D eigenvalue weighted by Gasteiger charge is 2.08. The number of rotatable bonds is 3. The van der Waals surface area contributed by atoms with E-state index in [9.17, 15) is 9.00 Å². The molecule has 13 heavy (non-hydrogen) atoms. The SMILES string of the molecule is CC(=O)CS(=O)c1ccccc1C. The molecule has 2 nitrogen and oxygen atoms in total. The fourth-order valence-corrected chi connectivity index (χ4v) is 2.26. The summed E-state index contributed by atoms with van der Waals surface area (Å²) in [5, 5.41) is 0. The quantitative estimate of drug-likeness (QED) is 0.737. The standard InChI is InChI=1S/C10H12O2S/c1-8-5-3-4-6-10(8)13(12)7-9(2)11/h3-6H,7H2,1-2H3. The van der Waals surface area contributed by atoms with Crippen LogP contribution in [0.25, 0.3) is 0 Å². The molecule has 1 rings (SSSR count). The first-order valence-electron chi connectivity index (χ1n) is 4.04. The zero-order chi connectivity index (χ0) is 9.84. The van der Waals surface area contributed by atoms with Crippen molar-refractivity contribution in [2.75, 3.05) is 5.75 Å². The molecule has 0 radical (unpaired) electrons. The average molecular weight is 196 g/mol. The van der Waals surface area contributed by atoms with E-state index >= 15 is 0 Å². The van der Waals surface area contributed by atoms with E-state index in [2.05, 4.69) is 0 Å². The number of hydrogen-bond donors (Lipinski definition) is 0. The van der Waals surface area contributed by atoms with Gasteiger partial charge in [-0.2, -0.15) is 0 Å². The van der Waals surface area contributed by atoms with E-state index in [1.165, 1.54) is 6.92 Å². The van der Waals surface area contributed by atoms with Gasteiger partial charge in [-0.15, -0.1) is 0 Å². The smallest absolute Gasteiger partial charge is 0.142 e. The largest absolute Gasteiger partial charge is 0.299 e. The molecule has 0 saturated carbocycles. The van der Waals surface area contributed by atoms with Crippen LogP contribution >= 0.6 is 0 Å². The third kappa shape index (κ3) is 2.77. The first-order valence-corrected chi connectivity index (χ1v) is 5.36. The van der Waals surface area contributed by atoms with E-state index in [1.54, 1.807) is 6.07 Å². The van der Waals surface area contributed by atoms with Gasteiger partial charge in [0, 0.05) is 4.90 Å². The fourth-order valence-electron chi connectivity index (χ4n) is 1.07. The number of Topliss-reactive ketones (excluding diaryl/α,β-unsaturated/α-hetero) is 1.